The number of nitrogen functional groups attached to an aromatic ring is 1. The summed E-state index contributed by atoms with van der Waals surface area (Å²) in [6, 6.07) is 11.8. The summed E-state index contributed by atoms with van der Waals surface area (Å²) >= 11 is 0. The van der Waals surface area contributed by atoms with Crippen molar-refractivity contribution in [3.05, 3.63) is 48.0 Å². The standard InChI is InChI=1S/C14H15NO3S/c1-10-6-7-13(15)14(8-10)18-11-4-3-5-12(9-11)19(2,16)17/h3-9H,15H2,1-2H3. The highest BCUT2D eigenvalue weighted by molar-refractivity contribution is 7.90. The van der Waals surface area contributed by atoms with E-state index in [1.54, 1.807) is 18.2 Å². The van der Waals surface area contributed by atoms with E-state index in [4.69, 9.17) is 10.5 Å². The summed E-state index contributed by atoms with van der Waals surface area (Å²) in [5.41, 5.74) is 7.34. The highest BCUT2D eigenvalue weighted by Gasteiger charge is 2.09. The van der Waals surface area contributed by atoms with Crippen molar-refractivity contribution < 1.29 is 13.2 Å². The van der Waals surface area contributed by atoms with Gasteiger partial charge in [0.05, 0.1) is 10.6 Å². The fourth-order valence-corrected chi connectivity index (χ4v) is 2.28. The van der Waals surface area contributed by atoms with Crippen LogP contribution in [0.3, 0.4) is 0 Å². The zero-order valence-electron chi connectivity index (χ0n) is 10.8. The minimum atomic E-state index is -3.25. The van der Waals surface area contributed by atoms with Crippen LogP contribution in [-0.2, 0) is 9.84 Å². The van der Waals surface area contributed by atoms with Gasteiger partial charge in [0.25, 0.3) is 0 Å². The first-order chi connectivity index (χ1) is 8.86. The molecule has 0 bridgehead atoms. The molecule has 0 atom stereocenters. The topological polar surface area (TPSA) is 69.4 Å². The van der Waals surface area contributed by atoms with E-state index < -0.39 is 9.84 Å². The molecule has 19 heavy (non-hydrogen) atoms. The van der Waals surface area contributed by atoms with E-state index in [1.807, 2.05) is 19.1 Å². The number of benzene rings is 2. The van der Waals surface area contributed by atoms with Gasteiger partial charge in [-0.3, -0.25) is 0 Å². The molecule has 4 nitrogen and oxygen atoms in total. The molecule has 0 spiro atoms. The minimum absolute atomic E-state index is 0.219. The van der Waals surface area contributed by atoms with Crippen LogP contribution in [0.5, 0.6) is 11.5 Å². The lowest BCUT2D eigenvalue weighted by atomic mass is 10.2. The Morgan fingerprint density at radius 2 is 1.84 bits per heavy atom. The average Bonchev–Trinajstić information content (AvgIpc) is 2.33. The molecular weight excluding hydrogens is 262 g/mol. The van der Waals surface area contributed by atoms with E-state index in [9.17, 15) is 8.42 Å². The molecule has 0 aliphatic carbocycles. The number of anilines is 1. The number of nitrogens with two attached hydrogens (primary N) is 1. The number of hydrogen-bond acceptors (Lipinski definition) is 4. The van der Waals surface area contributed by atoms with Crippen molar-refractivity contribution >= 4 is 15.5 Å². The monoisotopic (exact) mass is 277 g/mol. The van der Waals surface area contributed by atoms with Crippen molar-refractivity contribution in [1.29, 1.82) is 0 Å². The van der Waals surface area contributed by atoms with Crippen LogP contribution < -0.4 is 10.5 Å². The largest absolute Gasteiger partial charge is 0.455 e. The van der Waals surface area contributed by atoms with Crippen LogP contribution in [0.4, 0.5) is 5.69 Å². The van der Waals surface area contributed by atoms with Gasteiger partial charge >= 0.3 is 0 Å². The van der Waals surface area contributed by atoms with Crippen molar-refractivity contribution in [1.82, 2.24) is 0 Å². The molecule has 2 rings (SSSR count). The van der Waals surface area contributed by atoms with E-state index in [2.05, 4.69) is 0 Å². The van der Waals surface area contributed by atoms with Crippen molar-refractivity contribution in [3.8, 4) is 11.5 Å². The lowest BCUT2D eigenvalue weighted by molar-refractivity contribution is 0.482. The van der Waals surface area contributed by atoms with Crippen LogP contribution >= 0.6 is 0 Å². The van der Waals surface area contributed by atoms with Crippen molar-refractivity contribution in [2.45, 2.75) is 11.8 Å². The molecule has 0 aliphatic heterocycles. The molecule has 5 heteroatoms. The van der Waals surface area contributed by atoms with Crippen LogP contribution in [0.1, 0.15) is 5.56 Å². The second-order valence-electron chi connectivity index (χ2n) is 4.39. The quantitative estimate of drug-likeness (QED) is 0.876. The van der Waals surface area contributed by atoms with Gasteiger partial charge in [0.15, 0.2) is 15.6 Å². The number of ether oxygens (including phenoxy) is 1. The Morgan fingerprint density at radius 1 is 1.11 bits per heavy atom. The predicted octanol–water partition coefficient (Wildman–Crippen LogP) is 2.77. The maximum absolute atomic E-state index is 11.5. The van der Waals surface area contributed by atoms with Crippen molar-refractivity contribution in [2.75, 3.05) is 12.0 Å². The van der Waals surface area contributed by atoms with Crippen molar-refractivity contribution in [3.63, 3.8) is 0 Å². The van der Waals surface area contributed by atoms with Crippen molar-refractivity contribution in [2.24, 2.45) is 0 Å². The van der Waals surface area contributed by atoms with Gasteiger partial charge in [-0.25, -0.2) is 8.42 Å². The Labute approximate surface area is 112 Å². The Hall–Kier alpha value is -2.01. The fraction of sp³-hybridized carbons (Fsp3) is 0.143. The maximum Gasteiger partial charge on any atom is 0.175 e. The number of rotatable bonds is 3. The van der Waals surface area contributed by atoms with E-state index in [-0.39, 0.29) is 4.90 Å². The molecule has 0 heterocycles. The zero-order valence-corrected chi connectivity index (χ0v) is 11.6. The lowest BCUT2D eigenvalue weighted by Gasteiger charge is -2.10. The van der Waals surface area contributed by atoms with Crippen LogP contribution in [0.2, 0.25) is 0 Å². The Bertz CT molecular complexity index is 708. The highest BCUT2D eigenvalue weighted by Crippen LogP contribution is 2.29. The normalized spacial score (nSPS) is 11.3. The lowest BCUT2D eigenvalue weighted by Crippen LogP contribution is -1.98. The first-order valence-corrected chi connectivity index (χ1v) is 7.59. The maximum atomic E-state index is 11.5. The summed E-state index contributed by atoms with van der Waals surface area (Å²) in [6.07, 6.45) is 1.16. The van der Waals surface area contributed by atoms with Crippen LogP contribution in [0.25, 0.3) is 0 Å². The third kappa shape index (κ3) is 3.26. The van der Waals surface area contributed by atoms with E-state index >= 15 is 0 Å². The second-order valence-corrected chi connectivity index (χ2v) is 6.41. The number of aryl methyl sites for hydroxylation is 1. The third-order valence-corrected chi connectivity index (χ3v) is 3.74. The Balaban J connectivity index is 2.36. The molecule has 0 amide bonds. The SMILES string of the molecule is Cc1ccc(N)c(Oc2cccc(S(C)(=O)=O)c2)c1. The van der Waals surface area contributed by atoms with Gasteiger partial charge in [-0.1, -0.05) is 12.1 Å². The van der Waals surface area contributed by atoms with Crippen LogP contribution in [0, 0.1) is 6.92 Å². The van der Waals surface area contributed by atoms with Gasteiger partial charge in [-0.05, 0) is 42.8 Å². The molecule has 0 unspecified atom stereocenters. The summed E-state index contributed by atoms with van der Waals surface area (Å²) in [4.78, 5) is 0.219. The van der Waals surface area contributed by atoms with E-state index in [0.29, 0.717) is 17.2 Å². The second kappa shape index (κ2) is 4.93. The molecule has 0 saturated carbocycles. The van der Waals surface area contributed by atoms with Gasteiger partial charge in [0, 0.05) is 6.26 Å². The third-order valence-electron chi connectivity index (χ3n) is 2.63. The summed E-state index contributed by atoms with van der Waals surface area (Å²) in [5, 5.41) is 0. The average molecular weight is 277 g/mol. The van der Waals surface area contributed by atoms with Crippen LogP contribution in [0.15, 0.2) is 47.4 Å². The molecule has 0 fully saturated rings. The molecule has 100 valence electrons. The molecule has 0 aliphatic rings. The highest BCUT2D eigenvalue weighted by atomic mass is 32.2. The zero-order chi connectivity index (χ0) is 14.0. The van der Waals surface area contributed by atoms with Gasteiger partial charge in [0.1, 0.15) is 5.75 Å². The van der Waals surface area contributed by atoms with Gasteiger partial charge in [0.2, 0.25) is 0 Å². The van der Waals surface area contributed by atoms with E-state index in [0.717, 1.165) is 11.8 Å². The molecule has 2 aromatic rings. The van der Waals surface area contributed by atoms with Gasteiger partial charge in [-0.15, -0.1) is 0 Å². The molecule has 2 N–H and O–H groups in total. The summed E-state index contributed by atoms with van der Waals surface area (Å²) in [6.45, 7) is 1.93. The number of sulfone groups is 1. The summed E-state index contributed by atoms with van der Waals surface area (Å²) in [7, 11) is -3.25. The molecular formula is C14H15NO3S. The molecule has 0 radical (unpaired) electrons. The smallest absolute Gasteiger partial charge is 0.175 e. The van der Waals surface area contributed by atoms with Gasteiger partial charge < -0.3 is 10.5 Å². The predicted molar refractivity (Wildman–Crippen MR) is 75.2 cm³/mol. The summed E-state index contributed by atoms with van der Waals surface area (Å²) in [5.74, 6) is 0.964. The van der Waals surface area contributed by atoms with Gasteiger partial charge in [-0.2, -0.15) is 0 Å². The van der Waals surface area contributed by atoms with Crippen LogP contribution in [-0.4, -0.2) is 14.7 Å². The van der Waals surface area contributed by atoms with E-state index in [1.165, 1.54) is 12.1 Å². The molecule has 0 aromatic heterocycles. The summed E-state index contributed by atoms with van der Waals surface area (Å²) < 4.78 is 28.6. The first kappa shape index (κ1) is 13.4. The first-order valence-electron chi connectivity index (χ1n) is 5.70. The molecule has 2 aromatic carbocycles. The molecule has 0 saturated heterocycles. The number of hydrogen-bond donors (Lipinski definition) is 1. The fourth-order valence-electron chi connectivity index (χ4n) is 1.63. The minimum Gasteiger partial charge on any atom is -0.455 e. The Morgan fingerprint density at radius 3 is 2.53 bits per heavy atom. The Kier molecular flexibility index (Phi) is 3.48.